The monoisotopic (exact) mass is 448 g/mol. The van der Waals surface area contributed by atoms with Crippen LogP contribution in [0.1, 0.15) is 109 Å². The normalized spacial score (nSPS) is 25.5. The van der Waals surface area contributed by atoms with Gasteiger partial charge in [-0.3, -0.25) is 0 Å². The summed E-state index contributed by atoms with van der Waals surface area (Å²) in [6.45, 7) is 5.42. The van der Waals surface area contributed by atoms with Gasteiger partial charge in [0.15, 0.2) is 0 Å². The van der Waals surface area contributed by atoms with Crippen molar-refractivity contribution in [1.29, 1.82) is 0 Å². The van der Waals surface area contributed by atoms with Crippen molar-refractivity contribution in [2.75, 3.05) is 6.61 Å². The summed E-state index contributed by atoms with van der Waals surface area (Å²) in [7, 11) is 0. The molecule has 0 atom stereocenters. The van der Waals surface area contributed by atoms with Gasteiger partial charge in [0.2, 0.25) is 0 Å². The van der Waals surface area contributed by atoms with E-state index in [1.165, 1.54) is 102 Å². The van der Waals surface area contributed by atoms with Crippen LogP contribution in [0.5, 0.6) is 5.75 Å². The Morgan fingerprint density at radius 1 is 0.818 bits per heavy atom. The number of unbranched alkanes of at least 4 members (excludes halogenated alkanes) is 3. The average Bonchev–Trinajstić information content (AvgIpc) is 2.86. The minimum absolute atomic E-state index is 0.582. The molecule has 0 amide bonds. The Labute approximate surface area is 204 Å². The Bertz CT molecular complexity index is 718. The number of rotatable bonds is 11. The lowest BCUT2D eigenvalue weighted by Gasteiger charge is -2.26. The number of hydrogen-bond donors (Lipinski definition) is 0. The fourth-order valence-corrected chi connectivity index (χ4v) is 5.53. The van der Waals surface area contributed by atoms with Crippen LogP contribution in [0.25, 0.3) is 0 Å². The molecule has 1 aromatic carbocycles. The molecule has 0 spiro atoms. The molecule has 0 aliphatic heterocycles. The van der Waals surface area contributed by atoms with E-state index in [0.717, 1.165) is 24.2 Å². The minimum Gasteiger partial charge on any atom is -0.493 e. The maximum Gasteiger partial charge on any atom is 0.119 e. The highest BCUT2D eigenvalue weighted by molar-refractivity contribution is 5.27. The summed E-state index contributed by atoms with van der Waals surface area (Å²) in [5.74, 6) is 11.0. The first-order valence-corrected chi connectivity index (χ1v) is 14.2. The molecule has 3 rings (SSSR count). The van der Waals surface area contributed by atoms with E-state index >= 15 is 0 Å². The second-order valence-electron chi connectivity index (χ2n) is 10.7. The van der Waals surface area contributed by atoms with Gasteiger partial charge >= 0.3 is 0 Å². The minimum atomic E-state index is 0.582. The Balaban J connectivity index is 1.28. The highest BCUT2D eigenvalue weighted by Gasteiger charge is 2.21. The van der Waals surface area contributed by atoms with Gasteiger partial charge in [-0.25, -0.2) is 0 Å². The second-order valence-corrected chi connectivity index (χ2v) is 10.7. The number of benzene rings is 1. The zero-order chi connectivity index (χ0) is 23.1. The quantitative estimate of drug-likeness (QED) is 0.242. The van der Waals surface area contributed by atoms with Crippen LogP contribution in [-0.2, 0) is 6.42 Å². The molecule has 33 heavy (non-hydrogen) atoms. The number of ether oxygens (including phenoxy) is 1. The topological polar surface area (TPSA) is 9.23 Å². The summed E-state index contributed by atoms with van der Waals surface area (Å²) >= 11 is 0. The van der Waals surface area contributed by atoms with Crippen molar-refractivity contribution in [2.45, 2.75) is 110 Å². The molecule has 0 heterocycles. The zero-order valence-electron chi connectivity index (χ0n) is 21.5. The molecule has 2 saturated carbocycles. The van der Waals surface area contributed by atoms with Crippen LogP contribution in [0.4, 0.5) is 0 Å². The fourth-order valence-electron chi connectivity index (χ4n) is 5.53. The standard InChI is InChI=1S/C32H48O/c1-3-5-7-11-30-22-24-32(25-23-30)33-26-31-20-18-29(19-21-31)13-9-8-12-28-16-14-27(15-17-28)10-6-4-2/h8,12,22-25,27-29,31H,3-7,10-11,14-21,26H2,1-2H3/b12-8+. The molecule has 2 aliphatic rings. The van der Waals surface area contributed by atoms with E-state index < -0.39 is 0 Å². The lowest BCUT2D eigenvalue weighted by molar-refractivity contribution is 0.196. The van der Waals surface area contributed by atoms with Gasteiger partial charge in [0.05, 0.1) is 6.61 Å². The Morgan fingerprint density at radius 2 is 1.52 bits per heavy atom. The average molecular weight is 449 g/mol. The first-order chi connectivity index (χ1) is 16.3. The zero-order valence-corrected chi connectivity index (χ0v) is 21.5. The van der Waals surface area contributed by atoms with E-state index in [9.17, 15) is 0 Å². The van der Waals surface area contributed by atoms with Crippen LogP contribution >= 0.6 is 0 Å². The maximum atomic E-state index is 6.11. The van der Waals surface area contributed by atoms with Crippen LogP contribution in [0.2, 0.25) is 0 Å². The summed E-state index contributed by atoms with van der Waals surface area (Å²) in [4.78, 5) is 0. The molecule has 0 N–H and O–H groups in total. The molecule has 1 nitrogen and oxygen atoms in total. The first kappa shape index (κ1) is 25.9. The summed E-state index contributed by atoms with van der Waals surface area (Å²) in [5, 5.41) is 0. The first-order valence-electron chi connectivity index (χ1n) is 14.2. The summed E-state index contributed by atoms with van der Waals surface area (Å²) < 4.78 is 6.11. The summed E-state index contributed by atoms with van der Waals surface area (Å²) in [5.41, 5.74) is 1.43. The number of allylic oxidation sites excluding steroid dienone is 2. The highest BCUT2D eigenvalue weighted by atomic mass is 16.5. The molecule has 2 fully saturated rings. The van der Waals surface area contributed by atoms with Crippen LogP contribution in [0, 0.1) is 35.5 Å². The molecule has 0 aromatic heterocycles. The summed E-state index contributed by atoms with van der Waals surface area (Å²) in [6, 6.07) is 8.79. The van der Waals surface area contributed by atoms with Gasteiger partial charge in [0.25, 0.3) is 0 Å². The maximum absolute atomic E-state index is 6.11. The predicted molar refractivity (Wildman–Crippen MR) is 143 cm³/mol. The van der Waals surface area contributed by atoms with Crippen molar-refractivity contribution in [2.24, 2.45) is 23.7 Å². The molecule has 0 bridgehead atoms. The SMILES string of the molecule is CCCCCc1ccc(OCC2CCC(C#C/C=C/C3CCC(CCCC)CC3)CC2)cc1. The third-order valence-electron chi connectivity index (χ3n) is 7.92. The Hall–Kier alpha value is -1.68. The van der Waals surface area contributed by atoms with Crippen LogP contribution in [0.3, 0.4) is 0 Å². The van der Waals surface area contributed by atoms with Crippen LogP contribution < -0.4 is 4.74 Å². The number of hydrogen-bond acceptors (Lipinski definition) is 1. The molecular formula is C32H48O. The van der Waals surface area contributed by atoms with Gasteiger partial charge in [-0.05, 0) is 106 Å². The van der Waals surface area contributed by atoms with Gasteiger partial charge in [-0.1, -0.05) is 76.0 Å². The molecular weight excluding hydrogens is 400 g/mol. The Morgan fingerprint density at radius 3 is 2.21 bits per heavy atom. The lowest BCUT2D eigenvalue weighted by atomic mass is 9.80. The van der Waals surface area contributed by atoms with Crippen molar-refractivity contribution in [1.82, 2.24) is 0 Å². The van der Waals surface area contributed by atoms with E-state index in [4.69, 9.17) is 4.74 Å². The molecule has 182 valence electrons. The van der Waals surface area contributed by atoms with Gasteiger partial charge < -0.3 is 4.74 Å². The van der Waals surface area contributed by atoms with Crippen molar-refractivity contribution in [3.8, 4) is 17.6 Å². The van der Waals surface area contributed by atoms with Gasteiger partial charge in [-0.2, -0.15) is 0 Å². The van der Waals surface area contributed by atoms with Gasteiger partial charge in [0, 0.05) is 5.92 Å². The van der Waals surface area contributed by atoms with E-state index in [1.54, 1.807) is 0 Å². The smallest absolute Gasteiger partial charge is 0.119 e. The molecule has 0 unspecified atom stereocenters. The molecule has 0 radical (unpaired) electrons. The van der Waals surface area contributed by atoms with Crippen molar-refractivity contribution < 1.29 is 4.74 Å². The van der Waals surface area contributed by atoms with Crippen LogP contribution in [-0.4, -0.2) is 6.61 Å². The van der Waals surface area contributed by atoms with Crippen LogP contribution in [0.15, 0.2) is 36.4 Å². The summed E-state index contributed by atoms with van der Waals surface area (Å²) in [6.07, 6.45) is 24.4. The molecule has 1 aromatic rings. The fraction of sp³-hybridized carbons (Fsp3) is 0.688. The third-order valence-corrected chi connectivity index (χ3v) is 7.92. The molecule has 0 saturated heterocycles. The second kappa shape index (κ2) is 15.3. The van der Waals surface area contributed by atoms with Crippen molar-refractivity contribution in [3.05, 3.63) is 42.0 Å². The largest absolute Gasteiger partial charge is 0.493 e. The van der Waals surface area contributed by atoms with Gasteiger partial charge in [-0.15, -0.1) is 0 Å². The van der Waals surface area contributed by atoms with E-state index in [2.05, 4.69) is 62.1 Å². The molecule has 2 aliphatic carbocycles. The van der Waals surface area contributed by atoms with Crippen molar-refractivity contribution in [3.63, 3.8) is 0 Å². The predicted octanol–water partition coefficient (Wildman–Crippen LogP) is 9.16. The van der Waals surface area contributed by atoms with E-state index in [0.29, 0.717) is 11.8 Å². The lowest BCUT2D eigenvalue weighted by Crippen LogP contribution is -2.19. The number of aryl methyl sites for hydroxylation is 1. The Kier molecular flexibility index (Phi) is 12.0. The highest BCUT2D eigenvalue weighted by Crippen LogP contribution is 2.32. The third kappa shape index (κ3) is 10.00. The van der Waals surface area contributed by atoms with Crippen molar-refractivity contribution >= 4 is 0 Å². The van der Waals surface area contributed by atoms with E-state index in [1.807, 2.05) is 0 Å². The van der Waals surface area contributed by atoms with E-state index in [-0.39, 0.29) is 0 Å². The molecule has 1 heteroatoms. The van der Waals surface area contributed by atoms with Gasteiger partial charge in [0.1, 0.15) is 5.75 Å².